The Balaban J connectivity index is 2.98. The molecule has 4 heteroatoms. The van der Waals surface area contributed by atoms with Crippen LogP contribution in [0.15, 0.2) is 18.2 Å². The number of aryl methyl sites for hydroxylation is 1. The summed E-state index contributed by atoms with van der Waals surface area (Å²) in [5, 5.41) is 11.6. The van der Waals surface area contributed by atoms with Crippen molar-refractivity contribution in [3.63, 3.8) is 0 Å². The second-order valence-electron chi connectivity index (χ2n) is 2.88. The summed E-state index contributed by atoms with van der Waals surface area (Å²) in [5.74, 6) is 0. The zero-order valence-electron chi connectivity index (χ0n) is 8.20. The number of methoxy groups -OCH3 is 1. The normalized spacial score (nSPS) is 9.64. The molecule has 0 aliphatic rings. The standard InChI is InChI=1S/C10H13NO3/c1-7-4-3-5-8(6-12)9(7)11-10(13)14-2/h3-5,12H,6H2,1-2H3,(H,11,13). The van der Waals surface area contributed by atoms with Crippen LogP contribution in [-0.2, 0) is 11.3 Å². The van der Waals surface area contributed by atoms with Crippen molar-refractivity contribution in [3.05, 3.63) is 29.3 Å². The topological polar surface area (TPSA) is 58.6 Å². The predicted molar refractivity (Wildman–Crippen MR) is 53.1 cm³/mol. The van der Waals surface area contributed by atoms with Gasteiger partial charge in [0.2, 0.25) is 0 Å². The van der Waals surface area contributed by atoms with E-state index in [0.717, 1.165) is 5.56 Å². The number of hydrogen-bond acceptors (Lipinski definition) is 3. The summed E-state index contributed by atoms with van der Waals surface area (Å²) in [7, 11) is 1.30. The average molecular weight is 195 g/mol. The Morgan fingerprint density at radius 3 is 2.86 bits per heavy atom. The molecule has 0 atom stereocenters. The molecular weight excluding hydrogens is 182 g/mol. The molecule has 1 aromatic rings. The van der Waals surface area contributed by atoms with Crippen LogP contribution in [0.2, 0.25) is 0 Å². The van der Waals surface area contributed by atoms with Crippen LogP contribution in [0.3, 0.4) is 0 Å². The second kappa shape index (κ2) is 4.62. The fourth-order valence-electron chi connectivity index (χ4n) is 1.19. The molecule has 4 nitrogen and oxygen atoms in total. The number of rotatable bonds is 2. The number of hydrogen-bond donors (Lipinski definition) is 2. The van der Waals surface area contributed by atoms with E-state index in [9.17, 15) is 4.79 Å². The van der Waals surface area contributed by atoms with Crippen molar-refractivity contribution in [2.24, 2.45) is 0 Å². The third-order valence-electron chi connectivity index (χ3n) is 1.94. The Hall–Kier alpha value is -1.55. The number of para-hydroxylation sites is 1. The van der Waals surface area contributed by atoms with Gasteiger partial charge in [-0.05, 0) is 12.5 Å². The fraction of sp³-hybridized carbons (Fsp3) is 0.300. The lowest BCUT2D eigenvalue weighted by atomic mass is 10.1. The molecule has 0 bridgehead atoms. The SMILES string of the molecule is COC(=O)Nc1c(C)cccc1CO. The van der Waals surface area contributed by atoms with Crippen LogP contribution in [0.25, 0.3) is 0 Å². The number of aliphatic hydroxyl groups excluding tert-OH is 1. The number of carbonyl (C=O) groups excluding carboxylic acids is 1. The first-order valence-electron chi connectivity index (χ1n) is 4.23. The highest BCUT2D eigenvalue weighted by Crippen LogP contribution is 2.20. The van der Waals surface area contributed by atoms with E-state index in [1.165, 1.54) is 7.11 Å². The third-order valence-corrected chi connectivity index (χ3v) is 1.94. The van der Waals surface area contributed by atoms with Crippen molar-refractivity contribution >= 4 is 11.8 Å². The number of carbonyl (C=O) groups is 1. The van der Waals surface area contributed by atoms with Gasteiger partial charge in [0.25, 0.3) is 0 Å². The summed E-state index contributed by atoms with van der Waals surface area (Å²) in [6, 6.07) is 5.42. The van der Waals surface area contributed by atoms with Crippen LogP contribution in [0, 0.1) is 6.92 Å². The molecule has 1 rings (SSSR count). The Bertz CT molecular complexity index is 336. The first-order chi connectivity index (χ1) is 6.69. The third kappa shape index (κ3) is 2.23. The Morgan fingerprint density at radius 2 is 2.29 bits per heavy atom. The zero-order valence-corrected chi connectivity index (χ0v) is 8.20. The predicted octanol–water partition coefficient (Wildman–Crippen LogP) is 1.67. The molecule has 76 valence electrons. The molecular formula is C10H13NO3. The Morgan fingerprint density at radius 1 is 1.57 bits per heavy atom. The highest BCUT2D eigenvalue weighted by atomic mass is 16.5. The van der Waals surface area contributed by atoms with Gasteiger partial charge >= 0.3 is 6.09 Å². The van der Waals surface area contributed by atoms with Crippen LogP contribution in [0.5, 0.6) is 0 Å². The van der Waals surface area contributed by atoms with E-state index < -0.39 is 6.09 Å². The minimum absolute atomic E-state index is 0.110. The van der Waals surface area contributed by atoms with Gasteiger partial charge < -0.3 is 9.84 Å². The molecule has 0 heterocycles. The number of anilines is 1. The van der Waals surface area contributed by atoms with E-state index >= 15 is 0 Å². The first-order valence-corrected chi connectivity index (χ1v) is 4.23. The molecule has 2 N–H and O–H groups in total. The van der Waals surface area contributed by atoms with E-state index in [4.69, 9.17) is 5.11 Å². The van der Waals surface area contributed by atoms with Gasteiger partial charge in [-0.1, -0.05) is 18.2 Å². The van der Waals surface area contributed by atoms with E-state index in [1.54, 1.807) is 6.07 Å². The van der Waals surface area contributed by atoms with Crippen LogP contribution in [-0.4, -0.2) is 18.3 Å². The zero-order chi connectivity index (χ0) is 10.6. The van der Waals surface area contributed by atoms with Crippen molar-refractivity contribution in [3.8, 4) is 0 Å². The number of amides is 1. The van der Waals surface area contributed by atoms with Crippen molar-refractivity contribution in [1.29, 1.82) is 0 Å². The van der Waals surface area contributed by atoms with Crippen LogP contribution >= 0.6 is 0 Å². The lowest BCUT2D eigenvalue weighted by Gasteiger charge is -2.11. The molecule has 1 amide bonds. The highest BCUT2D eigenvalue weighted by molar-refractivity contribution is 5.86. The van der Waals surface area contributed by atoms with E-state index in [0.29, 0.717) is 11.3 Å². The number of benzene rings is 1. The van der Waals surface area contributed by atoms with E-state index in [2.05, 4.69) is 10.1 Å². The summed E-state index contributed by atoms with van der Waals surface area (Å²) in [5.41, 5.74) is 2.18. The summed E-state index contributed by atoms with van der Waals surface area (Å²) in [4.78, 5) is 11.0. The quantitative estimate of drug-likeness (QED) is 0.754. The van der Waals surface area contributed by atoms with E-state index in [-0.39, 0.29) is 6.61 Å². The largest absolute Gasteiger partial charge is 0.453 e. The fourth-order valence-corrected chi connectivity index (χ4v) is 1.19. The molecule has 0 radical (unpaired) electrons. The lowest BCUT2D eigenvalue weighted by Crippen LogP contribution is -2.13. The molecule has 0 fully saturated rings. The smallest absolute Gasteiger partial charge is 0.411 e. The maximum Gasteiger partial charge on any atom is 0.411 e. The van der Waals surface area contributed by atoms with Gasteiger partial charge in [0, 0.05) is 5.56 Å². The van der Waals surface area contributed by atoms with Gasteiger partial charge in [-0.2, -0.15) is 0 Å². The summed E-state index contributed by atoms with van der Waals surface area (Å²) in [6.45, 7) is 1.74. The van der Waals surface area contributed by atoms with Crippen molar-refractivity contribution in [2.45, 2.75) is 13.5 Å². The molecule has 0 unspecified atom stereocenters. The molecule has 0 saturated carbocycles. The summed E-state index contributed by atoms with van der Waals surface area (Å²) >= 11 is 0. The highest BCUT2D eigenvalue weighted by Gasteiger charge is 2.07. The maximum absolute atomic E-state index is 11.0. The van der Waals surface area contributed by atoms with Crippen molar-refractivity contribution < 1.29 is 14.6 Å². The number of ether oxygens (including phenoxy) is 1. The van der Waals surface area contributed by atoms with Crippen molar-refractivity contribution in [1.82, 2.24) is 0 Å². The van der Waals surface area contributed by atoms with Gasteiger partial charge in [0.05, 0.1) is 19.4 Å². The lowest BCUT2D eigenvalue weighted by molar-refractivity contribution is 0.187. The molecule has 0 saturated heterocycles. The molecule has 0 aromatic heterocycles. The first kappa shape index (κ1) is 10.5. The van der Waals surface area contributed by atoms with Gasteiger partial charge in [0.15, 0.2) is 0 Å². The number of nitrogens with one attached hydrogen (secondary N) is 1. The molecule has 14 heavy (non-hydrogen) atoms. The van der Waals surface area contributed by atoms with Crippen LogP contribution in [0.4, 0.5) is 10.5 Å². The van der Waals surface area contributed by atoms with Crippen LogP contribution in [0.1, 0.15) is 11.1 Å². The second-order valence-corrected chi connectivity index (χ2v) is 2.88. The summed E-state index contributed by atoms with van der Waals surface area (Å²) in [6.07, 6.45) is -0.533. The molecule has 1 aromatic carbocycles. The summed E-state index contributed by atoms with van der Waals surface area (Å²) < 4.78 is 4.48. The van der Waals surface area contributed by atoms with Gasteiger partial charge in [-0.15, -0.1) is 0 Å². The van der Waals surface area contributed by atoms with Gasteiger partial charge in [-0.25, -0.2) is 4.79 Å². The Labute approximate surface area is 82.5 Å². The molecule has 0 aliphatic carbocycles. The maximum atomic E-state index is 11.0. The molecule has 0 spiro atoms. The number of aliphatic hydroxyl groups is 1. The Kier molecular flexibility index (Phi) is 3.48. The van der Waals surface area contributed by atoms with Crippen LogP contribution < -0.4 is 5.32 Å². The van der Waals surface area contributed by atoms with Crippen molar-refractivity contribution in [2.75, 3.05) is 12.4 Å². The monoisotopic (exact) mass is 195 g/mol. The minimum Gasteiger partial charge on any atom is -0.453 e. The molecule has 0 aliphatic heterocycles. The van der Waals surface area contributed by atoms with E-state index in [1.807, 2.05) is 19.1 Å². The average Bonchev–Trinajstić information content (AvgIpc) is 2.20. The minimum atomic E-state index is -0.533. The van der Waals surface area contributed by atoms with Gasteiger partial charge in [-0.3, -0.25) is 5.32 Å². The van der Waals surface area contributed by atoms with Gasteiger partial charge in [0.1, 0.15) is 0 Å².